The Morgan fingerprint density at radius 2 is 2.08 bits per heavy atom. The first kappa shape index (κ1) is 18.0. The van der Waals surface area contributed by atoms with Gasteiger partial charge in [0.25, 0.3) is 5.56 Å². The highest BCUT2D eigenvalue weighted by molar-refractivity contribution is 7.16. The molecule has 3 heterocycles. The number of esters is 1. The van der Waals surface area contributed by atoms with Crippen LogP contribution >= 0.6 is 11.3 Å². The van der Waals surface area contributed by atoms with Crippen LogP contribution in [0.25, 0.3) is 4.96 Å². The molecule has 3 aromatic heterocycles. The number of nitrogens with zero attached hydrogens (tertiary/aromatic N) is 3. The summed E-state index contributed by atoms with van der Waals surface area (Å²) in [4.78, 5) is 43.8. The number of hydrogen-bond acceptors (Lipinski definition) is 7. The van der Waals surface area contributed by atoms with Gasteiger partial charge in [-0.15, -0.1) is 0 Å². The fourth-order valence-electron chi connectivity index (χ4n) is 2.81. The van der Waals surface area contributed by atoms with Gasteiger partial charge in [-0.2, -0.15) is 9.61 Å². The van der Waals surface area contributed by atoms with E-state index in [1.165, 1.54) is 28.8 Å². The summed E-state index contributed by atoms with van der Waals surface area (Å²) in [6, 6.07) is 1.30. The maximum Gasteiger partial charge on any atom is 0.355 e. The molecule has 0 aromatic carbocycles. The van der Waals surface area contributed by atoms with Crippen LogP contribution in [0.2, 0.25) is 0 Å². The Kier molecular flexibility index (Phi) is 4.73. The third kappa shape index (κ3) is 3.17. The lowest BCUT2D eigenvalue weighted by molar-refractivity contribution is 0.0460. The second-order valence-corrected chi connectivity index (χ2v) is 6.93. The molecule has 0 saturated heterocycles. The van der Waals surface area contributed by atoms with E-state index in [-0.39, 0.29) is 23.6 Å². The molecule has 0 aliphatic carbocycles. The predicted octanol–water partition coefficient (Wildman–Crippen LogP) is 2.22. The largest absolute Gasteiger partial charge is 0.454 e. The first-order valence-corrected chi connectivity index (χ1v) is 8.89. The van der Waals surface area contributed by atoms with Crippen LogP contribution in [-0.2, 0) is 17.8 Å². The topological polar surface area (TPSA) is 106 Å². The standard InChI is InChI=1S/C17H18N4O4S/c1-5-12-20-21-13(23)6-11(19-17(21)26-12)7-25-16(24)15-8(2)14(10(4)22)9(3)18-15/h6,18H,5,7H2,1-4H3. The number of carbonyl (C=O) groups is 2. The van der Waals surface area contributed by atoms with Crippen molar-refractivity contribution >= 4 is 28.1 Å². The lowest BCUT2D eigenvalue weighted by Gasteiger charge is -2.04. The Labute approximate surface area is 152 Å². The van der Waals surface area contributed by atoms with E-state index >= 15 is 0 Å². The molecule has 136 valence electrons. The van der Waals surface area contributed by atoms with Gasteiger partial charge in [0.1, 0.15) is 17.3 Å². The van der Waals surface area contributed by atoms with Gasteiger partial charge in [-0.25, -0.2) is 9.78 Å². The predicted molar refractivity (Wildman–Crippen MR) is 95.9 cm³/mol. The van der Waals surface area contributed by atoms with Gasteiger partial charge in [0, 0.05) is 17.3 Å². The lowest BCUT2D eigenvalue weighted by atomic mass is 10.1. The normalized spacial score (nSPS) is 11.1. The maximum atomic E-state index is 12.3. The van der Waals surface area contributed by atoms with Crippen molar-refractivity contribution in [2.75, 3.05) is 0 Å². The summed E-state index contributed by atoms with van der Waals surface area (Å²) >= 11 is 1.32. The number of hydrogen-bond donors (Lipinski definition) is 1. The monoisotopic (exact) mass is 374 g/mol. The molecule has 0 unspecified atom stereocenters. The number of fused-ring (bicyclic) bond motifs is 1. The summed E-state index contributed by atoms with van der Waals surface area (Å²) in [5.41, 5.74) is 1.93. The van der Waals surface area contributed by atoms with Crippen molar-refractivity contribution in [1.29, 1.82) is 0 Å². The molecule has 0 saturated carbocycles. The van der Waals surface area contributed by atoms with E-state index in [1.807, 2.05) is 6.92 Å². The minimum absolute atomic E-state index is 0.118. The van der Waals surface area contributed by atoms with Gasteiger partial charge in [-0.05, 0) is 32.8 Å². The number of nitrogens with one attached hydrogen (secondary N) is 1. The summed E-state index contributed by atoms with van der Waals surface area (Å²) < 4.78 is 6.51. The molecule has 0 spiro atoms. The van der Waals surface area contributed by atoms with E-state index < -0.39 is 5.97 Å². The molecule has 0 atom stereocenters. The fourth-order valence-corrected chi connectivity index (χ4v) is 3.66. The minimum Gasteiger partial charge on any atom is -0.454 e. The van der Waals surface area contributed by atoms with E-state index in [0.717, 1.165) is 5.01 Å². The van der Waals surface area contributed by atoms with Crippen molar-refractivity contribution in [3.63, 3.8) is 0 Å². The number of Topliss-reactive ketones (excluding diaryl/α,β-unsaturated/α-hetero) is 1. The van der Waals surface area contributed by atoms with E-state index in [4.69, 9.17) is 4.74 Å². The molecular formula is C17H18N4O4S. The van der Waals surface area contributed by atoms with Crippen molar-refractivity contribution in [2.45, 2.75) is 40.7 Å². The fraction of sp³-hybridized carbons (Fsp3) is 0.353. The van der Waals surface area contributed by atoms with Crippen LogP contribution < -0.4 is 5.56 Å². The summed E-state index contributed by atoms with van der Waals surface area (Å²) in [6.45, 7) is 6.67. The van der Waals surface area contributed by atoms with Crippen LogP contribution in [0.3, 0.4) is 0 Å². The molecule has 1 N–H and O–H groups in total. The van der Waals surface area contributed by atoms with E-state index in [0.29, 0.717) is 33.9 Å². The zero-order valence-electron chi connectivity index (χ0n) is 14.9. The van der Waals surface area contributed by atoms with Gasteiger partial charge in [0.2, 0.25) is 4.96 Å². The van der Waals surface area contributed by atoms with E-state index in [2.05, 4.69) is 15.1 Å². The molecule has 0 aliphatic rings. The lowest BCUT2D eigenvalue weighted by Crippen LogP contribution is -2.17. The Balaban J connectivity index is 1.82. The van der Waals surface area contributed by atoms with Crippen molar-refractivity contribution in [3.05, 3.63) is 49.6 Å². The number of aromatic nitrogens is 4. The molecule has 3 aromatic rings. The molecule has 0 fully saturated rings. The first-order chi connectivity index (χ1) is 12.3. The van der Waals surface area contributed by atoms with Crippen LogP contribution in [0.5, 0.6) is 0 Å². The molecule has 9 heteroatoms. The minimum atomic E-state index is -0.598. The summed E-state index contributed by atoms with van der Waals surface area (Å²) in [5.74, 6) is -0.717. The molecule has 8 nitrogen and oxygen atoms in total. The molecule has 3 rings (SSSR count). The van der Waals surface area contributed by atoms with Crippen LogP contribution in [-0.4, -0.2) is 31.3 Å². The highest BCUT2D eigenvalue weighted by atomic mass is 32.1. The number of ether oxygens (including phenoxy) is 1. The molecule has 0 amide bonds. The molecule has 0 aliphatic heterocycles. The van der Waals surface area contributed by atoms with Gasteiger partial charge in [-0.1, -0.05) is 18.3 Å². The number of carbonyl (C=O) groups excluding carboxylic acids is 2. The van der Waals surface area contributed by atoms with Crippen molar-refractivity contribution in [1.82, 2.24) is 19.6 Å². The summed E-state index contributed by atoms with van der Waals surface area (Å²) in [5, 5.41) is 4.97. The quantitative estimate of drug-likeness (QED) is 0.542. The zero-order chi connectivity index (χ0) is 19.0. The Morgan fingerprint density at radius 1 is 1.35 bits per heavy atom. The molecule has 26 heavy (non-hydrogen) atoms. The number of aryl methyl sites for hydroxylation is 2. The van der Waals surface area contributed by atoms with E-state index in [1.54, 1.807) is 13.8 Å². The third-order valence-corrected chi connectivity index (χ3v) is 5.04. The van der Waals surface area contributed by atoms with Gasteiger partial charge in [0.05, 0.1) is 5.69 Å². The summed E-state index contributed by atoms with van der Waals surface area (Å²) in [7, 11) is 0. The highest BCUT2D eigenvalue weighted by Crippen LogP contribution is 2.19. The van der Waals surface area contributed by atoms with Gasteiger partial charge >= 0.3 is 5.97 Å². The second-order valence-electron chi connectivity index (χ2n) is 5.89. The summed E-state index contributed by atoms with van der Waals surface area (Å²) in [6.07, 6.45) is 0.710. The Morgan fingerprint density at radius 3 is 2.69 bits per heavy atom. The van der Waals surface area contributed by atoms with Crippen molar-refractivity contribution in [3.8, 4) is 0 Å². The van der Waals surface area contributed by atoms with Crippen LogP contribution in [0.15, 0.2) is 10.9 Å². The second kappa shape index (κ2) is 6.83. The number of aromatic amines is 1. The highest BCUT2D eigenvalue weighted by Gasteiger charge is 2.21. The smallest absolute Gasteiger partial charge is 0.355 e. The Hall–Kier alpha value is -2.81. The SMILES string of the molecule is CCc1nn2c(=O)cc(COC(=O)c3[nH]c(C)c(C(C)=O)c3C)nc2s1. The number of rotatable bonds is 5. The van der Waals surface area contributed by atoms with Crippen LogP contribution in [0.1, 0.15) is 56.7 Å². The van der Waals surface area contributed by atoms with Gasteiger partial charge < -0.3 is 9.72 Å². The first-order valence-electron chi connectivity index (χ1n) is 8.07. The Bertz CT molecular complexity index is 1080. The van der Waals surface area contributed by atoms with Crippen LogP contribution in [0.4, 0.5) is 0 Å². The number of ketones is 1. The van der Waals surface area contributed by atoms with Crippen molar-refractivity contribution < 1.29 is 14.3 Å². The van der Waals surface area contributed by atoms with Crippen molar-refractivity contribution in [2.24, 2.45) is 0 Å². The average molecular weight is 374 g/mol. The van der Waals surface area contributed by atoms with E-state index in [9.17, 15) is 14.4 Å². The van der Waals surface area contributed by atoms with Gasteiger partial charge in [0.15, 0.2) is 5.78 Å². The number of H-pyrrole nitrogens is 1. The third-order valence-electron chi connectivity index (χ3n) is 3.99. The van der Waals surface area contributed by atoms with Gasteiger partial charge in [-0.3, -0.25) is 9.59 Å². The molecule has 0 radical (unpaired) electrons. The molecule has 0 bridgehead atoms. The maximum absolute atomic E-state index is 12.3. The average Bonchev–Trinajstić information content (AvgIpc) is 3.13. The zero-order valence-corrected chi connectivity index (χ0v) is 15.7. The van der Waals surface area contributed by atoms with Crippen LogP contribution in [0, 0.1) is 13.8 Å². The molecular weight excluding hydrogens is 356 g/mol.